The number of nitrogens with one attached hydrogen (secondary N) is 1. The molecule has 25 heavy (non-hydrogen) atoms. The van der Waals surface area contributed by atoms with Gasteiger partial charge in [0.25, 0.3) is 0 Å². The Morgan fingerprint density at radius 2 is 2.04 bits per heavy atom. The van der Waals surface area contributed by atoms with E-state index in [2.05, 4.69) is 29.2 Å². The van der Waals surface area contributed by atoms with Crippen LogP contribution < -0.4 is 11.1 Å². The fraction of sp³-hybridized carbons (Fsp3) is 0.941. The average molecular weight is 355 g/mol. The van der Waals surface area contributed by atoms with Crippen molar-refractivity contribution in [2.24, 2.45) is 22.7 Å². The second kappa shape index (κ2) is 10.6. The smallest absolute Gasteiger partial charge is 0.249 e. The number of hydrogen-bond donors (Lipinski definition) is 4. The Kier molecular flexibility index (Phi) is 9.21. The van der Waals surface area contributed by atoms with E-state index >= 15 is 0 Å². The number of hydrogen-bond acceptors (Lipinski definition) is 5. The van der Waals surface area contributed by atoms with E-state index in [0.717, 1.165) is 25.8 Å². The molecule has 1 fully saturated rings. The summed E-state index contributed by atoms with van der Waals surface area (Å²) in [5, 5.41) is 27.7. The van der Waals surface area contributed by atoms with E-state index in [1.54, 1.807) is 0 Å². The molecule has 1 saturated carbocycles. The van der Waals surface area contributed by atoms with Crippen LogP contribution in [0.4, 0.5) is 0 Å². The number of carbonyl (C=O) groups excluding carboxylic acids is 1. The predicted molar refractivity (Wildman–Crippen MR) is 96.6 cm³/mol. The number of aliphatic hydroxyl groups is 2. The topological polar surface area (TPSA) is 144 Å². The van der Waals surface area contributed by atoms with Gasteiger partial charge in [0.2, 0.25) is 5.91 Å². The van der Waals surface area contributed by atoms with Crippen molar-refractivity contribution < 1.29 is 15.0 Å². The Labute approximate surface area is 149 Å². The van der Waals surface area contributed by atoms with Crippen molar-refractivity contribution in [3.63, 3.8) is 0 Å². The molecule has 8 heteroatoms. The largest absolute Gasteiger partial charge is 0.391 e. The number of carbonyl (C=O) groups is 1. The van der Waals surface area contributed by atoms with Crippen LogP contribution in [0.25, 0.3) is 10.4 Å². The molecule has 0 aliphatic heterocycles. The van der Waals surface area contributed by atoms with Gasteiger partial charge in [-0.3, -0.25) is 4.79 Å². The summed E-state index contributed by atoms with van der Waals surface area (Å²) >= 11 is 0. The van der Waals surface area contributed by atoms with Crippen molar-refractivity contribution in [2.75, 3.05) is 13.1 Å². The van der Waals surface area contributed by atoms with Gasteiger partial charge in [0.05, 0.1) is 12.6 Å². The fourth-order valence-corrected chi connectivity index (χ4v) is 3.43. The van der Waals surface area contributed by atoms with Crippen molar-refractivity contribution in [3.8, 4) is 0 Å². The summed E-state index contributed by atoms with van der Waals surface area (Å²) in [7, 11) is 0. The number of aliphatic hydroxyl groups excluding tert-OH is 1. The lowest BCUT2D eigenvalue weighted by Crippen LogP contribution is -2.53. The average Bonchev–Trinajstić information content (AvgIpc) is 2.57. The molecule has 0 bridgehead atoms. The number of nitrogens with zero attached hydrogens (tertiary/aromatic N) is 3. The minimum atomic E-state index is -2.03. The molecule has 3 atom stereocenters. The van der Waals surface area contributed by atoms with E-state index in [1.165, 1.54) is 19.3 Å². The van der Waals surface area contributed by atoms with Crippen LogP contribution >= 0.6 is 0 Å². The molecule has 8 nitrogen and oxygen atoms in total. The third-order valence-electron chi connectivity index (χ3n) is 4.97. The van der Waals surface area contributed by atoms with Gasteiger partial charge in [-0.15, -0.1) is 0 Å². The van der Waals surface area contributed by atoms with Crippen LogP contribution in [0.3, 0.4) is 0 Å². The van der Waals surface area contributed by atoms with Gasteiger partial charge in [-0.1, -0.05) is 51.1 Å². The zero-order valence-corrected chi connectivity index (χ0v) is 15.4. The van der Waals surface area contributed by atoms with Crippen LogP contribution in [-0.2, 0) is 4.79 Å². The molecule has 1 amide bonds. The van der Waals surface area contributed by atoms with E-state index in [0.29, 0.717) is 11.8 Å². The molecule has 0 heterocycles. The van der Waals surface area contributed by atoms with E-state index in [4.69, 9.17) is 11.3 Å². The molecular weight excluding hydrogens is 322 g/mol. The fourth-order valence-electron chi connectivity index (χ4n) is 3.43. The third kappa shape index (κ3) is 7.61. The molecule has 0 aromatic carbocycles. The lowest BCUT2D eigenvalue weighted by molar-refractivity contribution is -0.139. The molecule has 0 aromatic rings. The first kappa shape index (κ1) is 21.7. The monoisotopic (exact) mass is 355 g/mol. The van der Waals surface area contributed by atoms with E-state index in [-0.39, 0.29) is 12.5 Å². The predicted octanol–water partition coefficient (Wildman–Crippen LogP) is 1.85. The van der Waals surface area contributed by atoms with Crippen molar-refractivity contribution in [3.05, 3.63) is 10.4 Å². The molecule has 0 unspecified atom stereocenters. The maximum atomic E-state index is 11.6. The van der Waals surface area contributed by atoms with Crippen LogP contribution in [0.1, 0.15) is 58.8 Å². The lowest BCUT2D eigenvalue weighted by atomic mass is 9.81. The van der Waals surface area contributed by atoms with Crippen molar-refractivity contribution in [2.45, 2.75) is 76.5 Å². The molecule has 0 spiro atoms. The number of azide groups is 1. The minimum Gasteiger partial charge on any atom is -0.391 e. The number of nitrogens with two attached hydrogens (primary N) is 1. The highest BCUT2D eigenvalue weighted by Gasteiger charge is 2.38. The number of rotatable bonds is 11. The SMILES string of the molecule is CC(C)CN[C@@H](CC1CCCCC1)[C@@H](O)C[C@@](O)(CN=[N+]=[N-])C(N)=O. The Hall–Kier alpha value is -1.34. The van der Waals surface area contributed by atoms with Gasteiger partial charge in [0.1, 0.15) is 0 Å². The van der Waals surface area contributed by atoms with Gasteiger partial charge >= 0.3 is 0 Å². The van der Waals surface area contributed by atoms with Crippen LogP contribution in [0, 0.1) is 11.8 Å². The van der Waals surface area contributed by atoms with Gasteiger partial charge in [0, 0.05) is 17.4 Å². The van der Waals surface area contributed by atoms with Gasteiger partial charge in [-0.25, -0.2) is 0 Å². The summed E-state index contributed by atoms with van der Waals surface area (Å²) in [5.41, 5.74) is 11.7. The number of amides is 1. The highest BCUT2D eigenvalue weighted by Crippen LogP contribution is 2.29. The Balaban J connectivity index is 2.78. The van der Waals surface area contributed by atoms with Crippen molar-refractivity contribution in [1.29, 1.82) is 0 Å². The van der Waals surface area contributed by atoms with Crippen LogP contribution in [0.15, 0.2) is 5.11 Å². The zero-order chi connectivity index (χ0) is 18.9. The number of primary amides is 1. The van der Waals surface area contributed by atoms with E-state index in [1.807, 2.05) is 0 Å². The molecule has 1 aliphatic carbocycles. The zero-order valence-electron chi connectivity index (χ0n) is 15.4. The maximum absolute atomic E-state index is 11.6. The molecule has 144 valence electrons. The van der Waals surface area contributed by atoms with Crippen LogP contribution in [-0.4, -0.2) is 47.0 Å². The maximum Gasteiger partial charge on any atom is 0.249 e. The van der Waals surface area contributed by atoms with Crippen LogP contribution in [0.2, 0.25) is 0 Å². The van der Waals surface area contributed by atoms with Crippen molar-refractivity contribution in [1.82, 2.24) is 5.32 Å². The Morgan fingerprint density at radius 1 is 1.40 bits per heavy atom. The molecule has 1 aliphatic rings. The summed E-state index contributed by atoms with van der Waals surface area (Å²) in [6, 6.07) is -0.234. The summed E-state index contributed by atoms with van der Waals surface area (Å²) in [6.07, 6.45) is 5.56. The minimum absolute atomic E-state index is 0.234. The van der Waals surface area contributed by atoms with Gasteiger partial charge in [0.15, 0.2) is 5.60 Å². The standard InChI is InChI=1S/C17H33N5O3/c1-12(2)10-20-14(8-13-6-4-3-5-7-13)15(23)9-17(25,16(18)24)11-21-22-19/h12-15,20,23,25H,3-11H2,1-2H3,(H2,18,24)/t14-,15-,17+/m0/s1. The lowest BCUT2D eigenvalue weighted by Gasteiger charge is -2.34. The van der Waals surface area contributed by atoms with E-state index < -0.39 is 24.2 Å². The Bertz CT molecular complexity index is 461. The summed E-state index contributed by atoms with van der Waals surface area (Å²) in [5.74, 6) is -0.0367. The normalized spacial score (nSPS) is 20.5. The second-order valence-corrected chi connectivity index (χ2v) is 7.70. The van der Waals surface area contributed by atoms with Gasteiger partial charge in [-0.05, 0) is 30.3 Å². The Morgan fingerprint density at radius 3 is 2.56 bits per heavy atom. The first-order valence-electron chi connectivity index (χ1n) is 9.23. The van der Waals surface area contributed by atoms with E-state index in [9.17, 15) is 15.0 Å². The molecule has 0 saturated heterocycles. The highest BCUT2D eigenvalue weighted by atomic mass is 16.3. The second-order valence-electron chi connectivity index (χ2n) is 7.70. The highest BCUT2D eigenvalue weighted by molar-refractivity contribution is 5.83. The van der Waals surface area contributed by atoms with Gasteiger partial charge in [-0.2, -0.15) is 0 Å². The first-order chi connectivity index (χ1) is 11.8. The molecule has 0 radical (unpaired) electrons. The third-order valence-corrected chi connectivity index (χ3v) is 4.97. The molecule has 0 aromatic heterocycles. The van der Waals surface area contributed by atoms with Gasteiger partial charge < -0.3 is 21.3 Å². The summed E-state index contributed by atoms with van der Waals surface area (Å²) < 4.78 is 0. The molecular formula is C17H33N5O3. The van der Waals surface area contributed by atoms with Crippen LogP contribution in [0.5, 0.6) is 0 Å². The summed E-state index contributed by atoms with van der Waals surface area (Å²) in [4.78, 5) is 14.2. The molecule has 5 N–H and O–H groups in total. The first-order valence-corrected chi connectivity index (χ1v) is 9.23. The van der Waals surface area contributed by atoms with Crippen molar-refractivity contribution >= 4 is 5.91 Å². The summed E-state index contributed by atoms with van der Waals surface area (Å²) in [6.45, 7) is 4.42. The molecule has 1 rings (SSSR count). The quantitative estimate of drug-likeness (QED) is 0.254.